The normalized spacial score (nSPS) is 21.5. The number of nitrogens with one attached hydrogen (secondary N) is 3. The summed E-state index contributed by atoms with van der Waals surface area (Å²) in [5.74, 6) is 0.843. The molecule has 10 heteroatoms. The Morgan fingerprint density at radius 1 is 1.16 bits per heavy atom. The largest absolute Gasteiger partial charge is 0.383 e. The van der Waals surface area contributed by atoms with Crippen LogP contribution in [0.2, 0.25) is 5.02 Å². The summed E-state index contributed by atoms with van der Waals surface area (Å²) in [5.41, 5.74) is 8.31. The van der Waals surface area contributed by atoms with Crippen molar-refractivity contribution in [2.75, 3.05) is 24.2 Å². The first-order valence-electron chi connectivity index (χ1n) is 15.1. The number of aromatic nitrogens is 2. The van der Waals surface area contributed by atoms with Crippen LogP contribution in [0, 0.1) is 22.7 Å². The molecule has 2 aromatic carbocycles. The number of benzene rings is 2. The number of hydrogen-bond acceptors (Lipinski definition) is 8. The predicted octanol–water partition coefficient (Wildman–Crippen LogP) is 6.28. The summed E-state index contributed by atoms with van der Waals surface area (Å²) in [7, 11) is 3.80. The van der Waals surface area contributed by atoms with Gasteiger partial charge in [0.15, 0.2) is 0 Å². The van der Waals surface area contributed by atoms with Gasteiger partial charge >= 0.3 is 0 Å². The quantitative estimate of drug-likeness (QED) is 0.225. The van der Waals surface area contributed by atoms with E-state index < -0.39 is 0 Å². The summed E-state index contributed by atoms with van der Waals surface area (Å²) in [6.07, 6.45) is 9.23. The zero-order valence-electron chi connectivity index (χ0n) is 25.7. The topological polar surface area (TPSA) is 101 Å². The molecule has 3 heterocycles. The summed E-state index contributed by atoms with van der Waals surface area (Å²) < 4.78 is 1.61. The molecule has 3 saturated carbocycles. The van der Waals surface area contributed by atoms with Crippen molar-refractivity contribution in [3.63, 3.8) is 0 Å². The molecule has 2 bridgehead atoms. The SMILES string of the molecule is CN1NN(C23CC(C2)C3)C=C1[C@@H](Nc1cc(Cl)c2ncc(C#N)c(NCC(C)(C)C)c2c1)c1cccc2c(=O)n(C)ccc12. The fourth-order valence-electron chi connectivity index (χ4n) is 6.81. The molecule has 3 aliphatic carbocycles. The summed E-state index contributed by atoms with van der Waals surface area (Å²) in [5, 5.41) is 24.4. The zero-order chi connectivity index (χ0) is 31.0. The maximum Gasteiger partial charge on any atom is 0.258 e. The standard InChI is InChI=1S/C34H37ClN8O/c1-33(2,3)19-38-29-21(16-36)17-37-30-26(29)11-22(12-27(30)35)39-31(24-7-6-8-25-23(24)9-10-41(4)32(25)44)28-18-43(40-42(28)5)34-13-20(14-34)15-34/h6-12,17-18,20,31,39-40H,13-15,19H2,1-5H3,(H,37,38)/t20?,31-,34?/m0/s1. The molecule has 9 nitrogen and oxygen atoms in total. The highest BCUT2D eigenvalue weighted by molar-refractivity contribution is 6.35. The molecule has 0 spiro atoms. The van der Waals surface area contributed by atoms with E-state index in [-0.39, 0.29) is 22.6 Å². The van der Waals surface area contributed by atoms with Gasteiger partial charge < -0.3 is 15.2 Å². The molecule has 0 amide bonds. The fraction of sp³-hybridized carbons (Fsp3) is 0.382. The Labute approximate surface area is 262 Å². The van der Waals surface area contributed by atoms with Gasteiger partial charge in [0, 0.05) is 55.7 Å². The molecule has 8 rings (SSSR count). The monoisotopic (exact) mass is 608 g/mol. The second-order valence-corrected chi connectivity index (χ2v) is 14.2. The van der Waals surface area contributed by atoms with Gasteiger partial charge in [0.05, 0.1) is 39.1 Å². The molecule has 0 unspecified atom stereocenters. The first kappa shape index (κ1) is 28.5. The van der Waals surface area contributed by atoms with Crippen LogP contribution in [-0.2, 0) is 7.05 Å². The lowest BCUT2D eigenvalue weighted by Gasteiger charge is -2.65. The molecule has 0 radical (unpaired) electrons. The molecule has 2 aromatic heterocycles. The number of halogens is 1. The van der Waals surface area contributed by atoms with E-state index in [0.717, 1.165) is 39.3 Å². The van der Waals surface area contributed by atoms with Gasteiger partial charge in [-0.3, -0.25) is 19.8 Å². The first-order valence-corrected chi connectivity index (χ1v) is 15.5. The summed E-state index contributed by atoms with van der Waals surface area (Å²) in [4.78, 5) is 17.7. The van der Waals surface area contributed by atoms with Crippen LogP contribution in [0.1, 0.15) is 57.2 Å². The lowest BCUT2D eigenvalue weighted by atomic mass is 9.49. The van der Waals surface area contributed by atoms with Gasteiger partial charge in [-0.2, -0.15) is 5.26 Å². The minimum absolute atomic E-state index is 0.00268. The zero-order valence-corrected chi connectivity index (χ0v) is 26.5. The minimum atomic E-state index is -0.327. The molecule has 226 valence electrons. The van der Waals surface area contributed by atoms with Gasteiger partial charge in [0.1, 0.15) is 6.07 Å². The van der Waals surface area contributed by atoms with Gasteiger partial charge in [-0.05, 0) is 65.8 Å². The Morgan fingerprint density at radius 2 is 1.93 bits per heavy atom. The third kappa shape index (κ3) is 4.64. The smallest absolute Gasteiger partial charge is 0.258 e. The molecular weight excluding hydrogens is 572 g/mol. The van der Waals surface area contributed by atoms with E-state index >= 15 is 0 Å². The van der Waals surface area contributed by atoms with Crippen LogP contribution >= 0.6 is 11.6 Å². The van der Waals surface area contributed by atoms with Crippen LogP contribution in [0.15, 0.2) is 65.5 Å². The summed E-state index contributed by atoms with van der Waals surface area (Å²) in [6, 6.07) is 13.8. The maximum atomic E-state index is 13.1. The molecule has 1 aliphatic heterocycles. The first-order chi connectivity index (χ1) is 21.0. The number of hydrogen-bond donors (Lipinski definition) is 3. The van der Waals surface area contributed by atoms with Crippen LogP contribution in [0.5, 0.6) is 0 Å². The van der Waals surface area contributed by atoms with E-state index in [4.69, 9.17) is 11.6 Å². The fourth-order valence-corrected chi connectivity index (χ4v) is 7.07. The number of fused-ring (bicyclic) bond motifs is 2. The van der Waals surface area contributed by atoms with E-state index in [0.29, 0.717) is 28.0 Å². The second kappa shape index (κ2) is 10.1. The highest BCUT2D eigenvalue weighted by Gasteiger charge is 2.61. The van der Waals surface area contributed by atoms with E-state index in [1.54, 1.807) is 17.8 Å². The molecule has 1 atom stereocenters. The number of nitriles is 1. The van der Waals surface area contributed by atoms with E-state index in [1.165, 1.54) is 19.3 Å². The van der Waals surface area contributed by atoms with Crippen molar-refractivity contribution in [2.45, 2.75) is 51.6 Å². The molecule has 3 N–H and O–H groups in total. The van der Waals surface area contributed by atoms with Gasteiger partial charge in [-0.25, -0.2) is 0 Å². The van der Waals surface area contributed by atoms with Gasteiger partial charge in [0.2, 0.25) is 0 Å². The van der Waals surface area contributed by atoms with Crippen molar-refractivity contribution in [1.82, 2.24) is 25.1 Å². The van der Waals surface area contributed by atoms with Crippen molar-refractivity contribution in [3.8, 4) is 6.07 Å². The van der Waals surface area contributed by atoms with Crippen molar-refractivity contribution in [1.29, 1.82) is 5.26 Å². The second-order valence-electron chi connectivity index (χ2n) is 13.8. The van der Waals surface area contributed by atoms with E-state index in [9.17, 15) is 10.1 Å². The van der Waals surface area contributed by atoms with Crippen LogP contribution in [0.4, 0.5) is 11.4 Å². The number of likely N-dealkylation sites (N-methyl/N-ethyl adjacent to an activating group) is 1. The third-order valence-electron chi connectivity index (χ3n) is 9.34. The summed E-state index contributed by atoms with van der Waals surface area (Å²) >= 11 is 6.88. The number of hydrazine groups is 2. The van der Waals surface area contributed by atoms with E-state index in [1.807, 2.05) is 43.6 Å². The Kier molecular flexibility index (Phi) is 6.57. The average molecular weight is 609 g/mol. The lowest BCUT2D eigenvalue weighted by molar-refractivity contribution is -0.154. The third-order valence-corrected chi connectivity index (χ3v) is 9.63. The van der Waals surface area contributed by atoms with Crippen LogP contribution in [-0.4, -0.2) is 38.7 Å². The van der Waals surface area contributed by atoms with E-state index in [2.05, 4.69) is 70.3 Å². The Bertz CT molecular complexity index is 1930. The van der Waals surface area contributed by atoms with Crippen molar-refractivity contribution in [3.05, 3.63) is 87.2 Å². The van der Waals surface area contributed by atoms with Crippen LogP contribution in [0.25, 0.3) is 21.7 Å². The number of nitrogens with zero attached hydrogens (tertiary/aromatic N) is 5. The Balaban J connectivity index is 1.37. The van der Waals surface area contributed by atoms with Gasteiger partial charge in [-0.15, -0.1) is 5.53 Å². The van der Waals surface area contributed by atoms with Crippen molar-refractivity contribution < 1.29 is 0 Å². The lowest BCUT2D eigenvalue weighted by Crippen LogP contribution is -2.69. The van der Waals surface area contributed by atoms with Crippen molar-refractivity contribution >= 4 is 44.7 Å². The number of anilines is 2. The van der Waals surface area contributed by atoms with Crippen LogP contribution < -0.4 is 21.7 Å². The highest BCUT2D eigenvalue weighted by atomic mass is 35.5. The predicted molar refractivity (Wildman–Crippen MR) is 176 cm³/mol. The van der Waals surface area contributed by atoms with Crippen molar-refractivity contribution in [2.24, 2.45) is 18.4 Å². The molecule has 0 saturated heterocycles. The number of pyridine rings is 2. The molecule has 4 aromatic rings. The Morgan fingerprint density at radius 3 is 2.61 bits per heavy atom. The average Bonchev–Trinajstić information content (AvgIpc) is 3.30. The van der Waals surface area contributed by atoms with Gasteiger partial charge in [-0.1, -0.05) is 44.5 Å². The number of rotatable bonds is 7. The summed E-state index contributed by atoms with van der Waals surface area (Å²) in [6.45, 7) is 7.11. The Hall–Kier alpha value is -4.26. The molecular formula is C34H37ClN8O. The maximum absolute atomic E-state index is 13.1. The molecule has 44 heavy (non-hydrogen) atoms. The number of aryl methyl sites for hydroxylation is 1. The van der Waals surface area contributed by atoms with Gasteiger partial charge in [0.25, 0.3) is 5.56 Å². The minimum Gasteiger partial charge on any atom is -0.383 e. The molecule has 3 fully saturated rings. The highest BCUT2D eigenvalue weighted by Crippen LogP contribution is 2.61. The molecule has 4 aliphatic rings. The van der Waals surface area contributed by atoms with Crippen LogP contribution in [0.3, 0.4) is 0 Å².